The number of hydrogen-bond donors (Lipinski definition) is 2. The highest BCUT2D eigenvalue weighted by atomic mass is 35.5. The summed E-state index contributed by atoms with van der Waals surface area (Å²) in [5, 5.41) is 4.48. The van der Waals surface area contributed by atoms with Crippen LogP contribution in [-0.2, 0) is 6.54 Å². The number of amides is 2. The van der Waals surface area contributed by atoms with E-state index in [1.54, 1.807) is 23.1 Å². The Hall–Kier alpha value is -2.79. The van der Waals surface area contributed by atoms with E-state index in [4.69, 9.17) is 11.6 Å². The molecule has 5 nitrogen and oxygen atoms in total. The van der Waals surface area contributed by atoms with Gasteiger partial charge in [-0.2, -0.15) is 0 Å². The SMILES string of the molecule is CCCN(Cc1cc(=O)[nH]c2ccccc12)C(=O)Nc1cccc(Cl)c1C. The minimum atomic E-state index is -0.216. The van der Waals surface area contributed by atoms with Crippen molar-refractivity contribution in [1.29, 1.82) is 0 Å². The Kier molecular flexibility index (Phi) is 5.81. The Balaban J connectivity index is 1.89. The number of anilines is 1. The van der Waals surface area contributed by atoms with Crippen molar-refractivity contribution < 1.29 is 4.79 Å². The topological polar surface area (TPSA) is 65.2 Å². The molecule has 0 unspecified atom stereocenters. The fourth-order valence-corrected chi connectivity index (χ4v) is 3.25. The third-order valence-corrected chi connectivity index (χ3v) is 4.90. The zero-order valence-electron chi connectivity index (χ0n) is 15.4. The smallest absolute Gasteiger partial charge is 0.322 e. The van der Waals surface area contributed by atoms with Crippen LogP contribution in [0.15, 0.2) is 53.3 Å². The highest BCUT2D eigenvalue weighted by Gasteiger charge is 2.16. The Labute approximate surface area is 163 Å². The Morgan fingerprint density at radius 3 is 2.74 bits per heavy atom. The predicted molar refractivity (Wildman–Crippen MR) is 110 cm³/mol. The van der Waals surface area contributed by atoms with E-state index in [1.165, 1.54) is 0 Å². The van der Waals surface area contributed by atoms with Gasteiger partial charge in [-0.3, -0.25) is 4.79 Å². The molecule has 140 valence electrons. The summed E-state index contributed by atoms with van der Waals surface area (Å²) in [6.45, 7) is 4.81. The van der Waals surface area contributed by atoms with Crippen LogP contribution < -0.4 is 10.9 Å². The molecule has 2 N–H and O–H groups in total. The number of aromatic amines is 1. The number of rotatable bonds is 5. The molecule has 0 aliphatic rings. The van der Waals surface area contributed by atoms with Gasteiger partial charge in [0.2, 0.25) is 5.56 Å². The summed E-state index contributed by atoms with van der Waals surface area (Å²) in [5.74, 6) is 0. The first-order valence-electron chi connectivity index (χ1n) is 8.91. The quantitative estimate of drug-likeness (QED) is 0.655. The normalized spacial score (nSPS) is 10.8. The van der Waals surface area contributed by atoms with Gasteiger partial charge in [0.15, 0.2) is 0 Å². The van der Waals surface area contributed by atoms with Crippen molar-refractivity contribution in [3.05, 3.63) is 75.0 Å². The molecule has 3 rings (SSSR count). The van der Waals surface area contributed by atoms with Gasteiger partial charge < -0.3 is 15.2 Å². The number of nitrogens with one attached hydrogen (secondary N) is 2. The van der Waals surface area contributed by atoms with Crippen LogP contribution in [0.3, 0.4) is 0 Å². The van der Waals surface area contributed by atoms with E-state index >= 15 is 0 Å². The Bertz CT molecular complexity index is 1030. The number of halogens is 1. The molecular formula is C21H22ClN3O2. The van der Waals surface area contributed by atoms with Crippen molar-refractivity contribution in [3.63, 3.8) is 0 Å². The van der Waals surface area contributed by atoms with Crippen molar-refractivity contribution in [2.24, 2.45) is 0 Å². The van der Waals surface area contributed by atoms with Crippen LogP contribution in [-0.4, -0.2) is 22.5 Å². The lowest BCUT2D eigenvalue weighted by Gasteiger charge is -2.24. The molecule has 0 spiro atoms. The van der Waals surface area contributed by atoms with Gasteiger partial charge in [-0.1, -0.05) is 42.8 Å². The van der Waals surface area contributed by atoms with Crippen molar-refractivity contribution in [2.45, 2.75) is 26.8 Å². The summed E-state index contributed by atoms with van der Waals surface area (Å²) < 4.78 is 0. The maximum atomic E-state index is 12.9. The maximum absolute atomic E-state index is 12.9. The molecule has 0 radical (unpaired) electrons. The van der Waals surface area contributed by atoms with Crippen LogP contribution in [0.25, 0.3) is 10.9 Å². The van der Waals surface area contributed by atoms with Gasteiger partial charge in [-0.05, 0) is 42.7 Å². The van der Waals surface area contributed by atoms with Crippen molar-refractivity contribution in [2.75, 3.05) is 11.9 Å². The second kappa shape index (κ2) is 8.27. The van der Waals surface area contributed by atoms with Crippen molar-refractivity contribution >= 4 is 34.2 Å². The monoisotopic (exact) mass is 383 g/mol. The lowest BCUT2D eigenvalue weighted by atomic mass is 10.1. The summed E-state index contributed by atoms with van der Waals surface area (Å²) in [5.41, 5.74) is 2.92. The number of aromatic nitrogens is 1. The molecular weight excluding hydrogens is 362 g/mol. The number of fused-ring (bicyclic) bond motifs is 1. The number of hydrogen-bond acceptors (Lipinski definition) is 2. The van der Waals surface area contributed by atoms with Gasteiger partial charge in [0.05, 0.1) is 0 Å². The van der Waals surface area contributed by atoms with Gasteiger partial charge in [0.25, 0.3) is 0 Å². The summed E-state index contributed by atoms with van der Waals surface area (Å²) in [6, 6.07) is 14.4. The van der Waals surface area contributed by atoms with Crippen LogP contribution in [0.4, 0.5) is 10.5 Å². The predicted octanol–water partition coefficient (Wildman–Crippen LogP) is 4.93. The number of urea groups is 1. The minimum absolute atomic E-state index is 0.175. The molecule has 0 aliphatic heterocycles. The first-order chi connectivity index (χ1) is 13.0. The fourth-order valence-electron chi connectivity index (χ4n) is 3.07. The van der Waals surface area contributed by atoms with Gasteiger partial charge in [0, 0.05) is 40.8 Å². The standard InChI is InChI=1S/C21H22ClN3O2/c1-3-11-25(21(27)24-18-10-6-8-17(22)14(18)2)13-15-12-20(26)23-19-9-5-4-7-16(15)19/h4-10,12H,3,11,13H2,1-2H3,(H,23,26)(H,24,27). The molecule has 0 fully saturated rings. The highest BCUT2D eigenvalue weighted by Crippen LogP contribution is 2.24. The van der Waals surface area contributed by atoms with Crippen LogP contribution in [0, 0.1) is 6.92 Å². The first kappa shape index (κ1) is 19.0. The summed E-state index contributed by atoms with van der Waals surface area (Å²) >= 11 is 6.15. The molecule has 0 saturated heterocycles. The number of H-pyrrole nitrogens is 1. The van der Waals surface area contributed by atoms with E-state index in [1.807, 2.05) is 44.2 Å². The molecule has 6 heteroatoms. The van der Waals surface area contributed by atoms with E-state index < -0.39 is 0 Å². The van der Waals surface area contributed by atoms with Crippen molar-refractivity contribution in [1.82, 2.24) is 9.88 Å². The molecule has 2 aromatic carbocycles. The molecule has 2 amide bonds. The number of para-hydroxylation sites is 1. The van der Waals surface area contributed by atoms with Gasteiger partial charge in [-0.15, -0.1) is 0 Å². The van der Waals surface area contributed by atoms with E-state index in [0.29, 0.717) is 23.8 Å². The van der Waals surface area contributed by atoms with E-state index in [0.717, 1.165) is 28.5 Å². The molecule has 0 aliphatic carbocycles. The number of benzene rings is 2. The van der Waals surface area contributed by atoms with Crippen LogP contribution >= 0.6 is 11.6 Å². The molecule has 27 heavy (non-hydrogen) atoms. The van der Waals surface area contributed by atoms with Crippen LogP contribution in [0.1, 0.15) is 24.5 Å². The average molecular weight is 384 g/mol. The molecule has 1 aromatic heterocycles. The Morgan fingerprint density at radius 2 is 1.96 bits per heavy atom. The molecule has 0 atom stereocenters. The van der Waals surface area contributed by atoms with Crippen molar-refractivity contribution in [3.8, 4) is 0 Å². The lowest BCUT2D eigenvalue weighted by molar-refractivity contribution is 0.209. The van der Waals surface area contributed by atoms with Crippen LogP contribution in [0.5, 0.6) is 0 Å². The van der Waals surface area contributed by atoms with Crippen LogP contribution in [0.2, 0.25) is 5.02 Å². The van der Waals surface area contributed by atoms with Gasteiger partial charge >= 0.3 is 6.03 Å². The second-order valence-corrected chi connectivity index (χ2v) is 6.88. The molecule has 1 heterocycles. The number of pyridine rings is 1. The average Bonchev–Trinajstić information content (AvgIpc) is 2.65. The number of nitrogens with zero attached hydrogens (tertiary/aromatic N) is 1. The van der Waals surface area contributed by atoms with Gasteiger partial charge in [-0.25, -0.2) is 4.79 Å². The second-order valence-electron chi connectivity index (χ2n) is 6.47. The fraction of sp³-hybridized carbons (Fsp3) is 0.238. The number of carbonyl (C=O) groups excluding carboxylic acids is 1. The zero-order chi connectivity index (χ0) is 19.4. The number of carbonyl (C=O) groups is 1. The third-order valence-electron chi connectivity index (χ3n) is 4.49. The van der Waals surface area contributed by atoms with E-state index in [-0.39, 0.29) is 11.6 Å². The minimum Gasteiger partial charge on any atom is -0.322 e. The molecule has 3 aromatic rings. The summed E-state index contributed by atoms with van der Waals surface area (Å²) in [4.78, 5) is 29.4. The third kappa shape index (κ3) is 4.31. The zero-order valence-corrected chi connectivity index (χ0v) is 16.1. The largest absolute Gasteiger partial charge is 0.322 e. The highest BCUT2D eigenvalue weighted by molar-refractivity contribution is 6.31. The lowest BCUT2D eigenvalue weighted by Crippen LogP contribution is -2.35. The summed E-state index contributed by atoms with van der Waals surface area (Å²) in [7, 11) is 0. The van der Waals surface area contributed by atoms with E-state index in [2.05, 4.69) is 10.3 Å². The first-order valence-corrected chi connectivity index (χ1v) is 9.29. The molecule has 0 bridgehead atoms. The van der Waals surface area contributed by atoms with Gasteiger partial charge in [0.1, 0.15) is 0 Å². The summed E-state index contributed by atoms with van der Waals surface area (Å²) in [6.07, 6.45) is 0.809. The molecule has 0 saturated carbocycles. The Morgan fingerprint density at radius 1 is 1.19 bits per heavy atom. The van der Waals surface area contributed by atoms with E-state index in [9.17, 15) is 9.59 Å². The maximum Gasteiger partial charge on any atom is 0.322 e.